The number of carbonyl (C=O) groups excluding carboxylic acids is 2. The molecule has 3 aromatic carbocycles. The van der Waals surface area contributed by atoms with E-state index in [1.54, 1.807) is 30.6 Å². The SMILES string of the molecule is Nc1ccc(-c2ccccc2)cc1NC(=O)c1ccc(CCC(=O)CCc2cccnc2)cc1. The first-order valence-corrected chi connectivity index (χ1v) is 11.3. The second kappa shape index (κ2) is 11.1. The summed E-state index contributed by atoms with van der Waals surface area (Å²) in [6.07, 6.45) is 5.87. The Hall–Kier alpha value is -4.25. The van der Waals surface area contributed by atoms with Crippen molar-refractivity contribution in [2.24, 2.45) is 0 Å². The van der Waals surface area contributed by atoms with Gasteiger partial charge in [-0.1, -0.05) is 54.6 Å². The maximum absolute atomic E-state index is 12.8. The van der Waals surface area contributed by atoms with Gasteiger partial charge in [-0.3, -0.25) is 14.6 Å². The number of aromatic nitrogens is 1. The normalized spacial score (nSPS) is 10.6. The highest BCUT2D eigenvalue weighted by atomic mass is 16.1. The molecular formula is C29H27N3O2. The average molecular weight is 450 g/mol. The lowest BCUT2D eigenvalue weighted by atomic mass is 10.0. The minimum Gasteiger partial charge on any atom is -0.397 e. The fraction of sp³-hybridized carbons (Fsp3) is 0.138. The van der Waals surface area contributed by atoms with Crippen LogP contribution in [-0.2, 0) is 17.6 Å². The molecule has 5 nitrogen and oxygen atoms in total. The molecule has 0 unspecified atom stereocenters. The number of amides is 1. The van der Waals surface area contributed by atoms with Crippen molar-refractivity contribution in [1.29, 1.82) is 0 Å². The van der Waals surface area contributed by atoms with Crippen LogP contribution < -0.4 is 11.1 Å². The highest BCUT2D eigenvalue weighted by Gasteiger charge is 2.10. The van der Waals surface area contributed by atoms with Crippen molar-refractivity contribution in [2.45, 2.75) is 25.7 Å². The van der Waals surface area contributed by atoms with Crippen molar-refractivity contribution in [3.63, 3.8) is 0 Å². The number of Topliss-reactive ketones (excluding diaryl/α,β-unsaturated/α-hetero) is 1. The lowest BCUT2D eigenvalue weighted by molar-refractivity contribution is -0.119. The average Bonchev–Trinajstić information content (AvgIpc) is 2.89. The predicted molar refractivity (Wildman–Crippen MR) is 137 cm³/mol. The quantitative estimate of drug-likeness (QED) is 0.320. The molecule has 0 bridgehead atoms. The summed E-state index contributed by atoms with van der Waals surface area (Å²) in [5.41, 5.74) is 11.9. The molecule has 4 rings (SSSR count). The molecule has 0 saturated heterocycles. The molecule has 0 fully saturated rings. The summed E-state index contributed by atoms with van der Waals surface area (Å²) < 4.78 is 0. The molecule has 1 heterocycles. The van der Waals surface area contributed by atoms with Crippen molar-refractivity contribution in [1.82, 2.24) is 4.98 Å². The second-order valence-corrected chi connectivity index (χ2v) is 8.22. The molecule has 4 aromatic rings. The minimum atomic E-state index is -0.226. The number of ketones is 1. The van der Waals surface area contributed by atoms with Gasteiger partial charge in [0, 0.05) is 30.8 Å². The highest BCUT2D eigenvalue weighted by Crippen LogP contribution is 2.27. The van der Waals surface area contributed by atoms with E-state index in [9.17, 15) is 9.59 Å². The van der Waals surface area contributed by atoms with E-state index in [4.69, 9.17) is 5.73 Å². The van der Waals surface area contributed by atoms with E-state index in [-0.39, 0.29) is 11.7 Å². The number of hydrogen-bond donors (Lipinski definition) is 2. The number of aryl methyl sites for hydroxylation is 2. The molecule has 0 radical (unpaired) electrons. The van der Waals surface area contributed by atoms with Crippen LogP contribution in [0.5, 0.6) is 0 Å². The fourth-order valence-corrected chi connectivity index (χ4v) is 3.73. The first kappa shape index (κ1) is 22.9. The molecule has 0 aliphatic rings. The summed E-state index contributed by atoms with van der Waals surface area (Å²) in [6.45, 7) is 0. The van der Waals surface area contributed by atoms with Crippen molar-refractivity contribution >= 4 is 23.1 Å². The first-order valence-electron chi connectivity index (χ1n) is 11.3. The van der Waals surface area contributed by atoms with Gasteiger partial charge in [-0.15, -0.1) is 0 Å². The van der Waals surface area contributed by atoms with Gasteiger partial charge in [0.2, 0.25) is 0 Å². The van der Waals surface area contributed by atoms with Gasteiger partial charge in [-0.25, -0.2) is 0 Å². The van der Waals surface area contributed by atoms with E-state index < -0.39 is 0 Å². The number of carbonyl (C=O) groups is 2. The first-order chi connectivity index (χ1) is 16.6. The summed E-state index contributed by atoms with van der Waals surface area (Å²) in [7, 11) is 0. The fourth-order valence-electron chi connectivity index (χ4n) is 3.73. The van der Waals surface area contributed by atoms with Crippen LogP contribution in [-0.4, -0.2) is 16.7 Å². The largest absolute Gasteiger partial charge is 0.397 e. The van der Waals surface area contributed by atoms with E-state index in [1.165, 1.54) is 0 Å². The third-order valence-corrected chi connectivity index (χ3v) is 5.73. The van der Waals surface area contributed by atoms with Crippen LogP contribution in [0, 0.1) is 0 Å². The summed E-state index contributed by atoms with van der Waals surface area (Å²) in [6, 6.07) is 26.8. The zero-order valence-electron chi connectivity index (χ0n) is 18.9. The number of nitrogens with two attached hydrogens (primary N) is 1. The molecule has 34 heavy (non-hydrogen) atoms. The Bertz CT molecular complexity index is 1250. The van der Waals surface area contributed by atoms with Crippen molar-refractivity contribution in [3.05, 3.63) is 114 Å². The van der Waals surface area contributed by atoms with Crippen LogP contribution in [0.1, 0.15) is 34.3 Å². The summed E-state index contributed by atoms with van der Waals surface area (Å²) >= 11 is 0. The van der Waals surface area contributed by atoms with E-state index in [1.807, 2.05) is 66.7 Å². The van der Waals surface area contributed by atoms with E-state index in [0.717, 1.165) is 22.3 Å². The molecule has 1 amide bonds. The number of anilines is 2. The maximum atomic E-state index is 12.8. The Morgan fingerprint density at radius 3 is 2.21 bits per heavy atom. The standard InChI is InChI=1S/C29H27N3O2/c30-27-17-14-25(23-6-2-1-3-7-23)19-28(27)32-29(34)24-12-8-21(9-13-24)10-15-26(33)16-11-22-5-4-18-31-20-22/h1-9,12-14,17-20H,10-11,15-16,30H2,(H,32,34). The lowest BCUT2D eigenvalue weighted by Crippen LogP contribution is -2.13. The van der Waals surface area contributed by atoms with E-state index >= 15 is 0 Å². The van der Waals surface area contributed by atoms with Gasteiger partial charge in [0.15, 0.2) is 0 Å². The van der Waals surface area contributed by atoms with Crippen molar-refractivity contribution < 1.29 is 9.59 Å². The van der Waals surface area contributed by atoms with Crippen LogP contribution in [0.3, 0.4) is 0 Å². The Kier molecular flexibility index (Phi) is 7.45. The molecule has 0 saturated carbocycles. The molecule has 170 valence electrons. The Morgan fingerprint density at radius 2 is 1.50 bits per heavy atom. The number of hydrogen-bond acceptors (Lipinski definition) is 4. The Morgan fingerprint density at radius 1 is 0.765 bits per heavy atom. The number of rotatable bonds is 9. The number of nitrogens with zero attached hydrogens (tertiary/aromatic N) is 1. The topological polar surface area (TPSA) is 85.1 Å². The minimum absolute atomic E-state index is 0.222. The van der Waals surface area contributed by atoms with Gasteiger partial charge in [-0.2, -0.15) is 0 Å². The van der Waals surface area contributed by atoms with Crippen molar-refractivity contribution in [3.8, 4) is 11.1 Å². The van der Waals surface area contributed by atoms with Crippen LogP contribution in [0.4, 0.5) is 11.4 Å². The molecule has 0 aliphatic carbocycles. The Labute approximate surface area is 199 Å². The summed E-state index contributed by atoms with van der Waals surface area (Å²) in [5.74, 6) is -0.00421. The molecule has 0 spiro atoms. The van der Waals surface area contributed by atoms with Gasteiger partial charge in [0.1, 0.15) is 5.78 Å². The van der Waals surface area contributed by atoms with Gasteiger partial charge in [0.05, 0.1) is 11.4 Å². The smallest absolute Gasteiger partial charge is 0.255 e. The number of pyridine rings is 1. The monoisotopic (exact) mass is 449 g/mol. The highest BCUT2D eigenvalue weighted by molar-refractivity contribution is 6.06. The predicted octanol–water partition coefficient (Wildman–Crippen LogP) is 5.72. The second-order valence-electron chi connectivity index (χ2n) is 8.22. The van der Waals surface area contributed by atoms with Gasteiger partial charge < -0.3 is 11.1 Å². The van der Waals surface area contributed by atoms with Crippen LogP contribution in [0.15, 0.2) is 97.3 Å². The summed E-state index contributed by atoms with van der Waals surface area (Å²) in [4.78, 5) is 29.1. The Balaban J connectivity index is 1.32. The number of nitrogen functional groups attached to an aromatic ring is 1. The summed E-state index contributed by atoms with van der Waals surface area (Å²) in [5, 5.41) is 2.92. The maximum Gasteiger partial charge on any atom is 0.255 e. The van der Waals surface area contributed by atoms with Crippen LogP contribution in [0.25, 0.3) is 11.1 Å². The van der Waals surface area contributed by atoms with E-state index in [0.29, 0.717) is 42.6 Å². The molecule has 0 aliphatic heterocycles. The third-order valence-electron chi connectivity index (χ3n) is 5.73. The molecular weight excluding hydrogens is 422 g/mol. The lowest BCUT2D eigenvalue weighted by Gasteiger charge is -2.11. The van der Waals surface area contributed by atoms with Gasteiger partial charge in [-0.05, 0) is 65.4 Å². The van der Waals surface area contributed by atoms with Crippen molar-refractivity contribution in [2.75, 3.05) is 11.1 Å². The third kappa shape index (κ3) is 6.17. The van der Waals surface area contributed by atoms with Gasteiger partial charge >= 0.3 is 0 Å². The number of nitrogens with one attached hydrogen (secondary N) is 1. The molecule has 1 aromatic heterocycles. The number of benzene rings is 3. The van der Waals surface area contributed by atoms with E-state index in [2.05, 4.69) is 10.3 Å². The molecule has 0 atom stereocenters. The van der Waals surface area contributed by atoms with Gasteiger partial charge in [0.25, 0.3) is 5.91 Å². The zero-order chi connectivity index (χ0) is 23.8. The van der Waals surface area contributed by atoms with Crippen LogP contribution in [0.2, 0.25) is 0 Å². The molecule has 3 N–H and O–H groups in total. The molecule has 5 heteroatoms. The zero-order valence-corrected chi connectivity index (χ0v) is 18.9. The van der Waals surface area contributed by atoms with Crippen LogP contribution >= 0.6 is 0 Å².